The first kappa shape index (κ1) is 13.0. The second-order valence-electron chi connectivity index (χ2n) is 5.04. The third kappa shape index (κ3) is 3.04. The van der Waals surface area contributed by atoms with Gasteiger partial charge in [-0.15, -0.1) is 0 Å². The quantitative estimate of drug-likeness (QED) is 0.564. The van der Waals surface area contributed by atoms with Gasteiger partial charge in [-0.1, -0.05) is 34.7 Å². The van der Waals surface area contributed by atoms with E-state index in [9.17, 15) is 0 Å². The Morgan fingerprint density at radius 2 is 2.24 bits per heavy atom. The summed E-state index contributed by atoms with van der Waals surface area (Å²) in [5, 5.41) is 6.75. The zero-order valence-corrected chi connectivity index (χ0v) is 12.7. The van der Waals surface area contributed by atoms with E-state index in [1.165, 1.54) is 0 Å². The highest BCUT2D eigenvalue weighted by Gasteiger charge is 2.29. The fourth-order valence-corrected chi connectivity index (χ4v) is 2.15. The summed E-state index contributed by atoms with van der Waals surface area (Å²) in [6.45, 7) is 5.97. The first-order chi connectivity index (χ1) is 7.94. The number of halogens is 1. The summed E-state index contributed by atoms with van der Waals surface area (Å²) < 4.78 is 6.07. The van der Waals surface area contributed by atoms with Crippen molar-refractivity contribution < 1.29 is 4.74 Å². The van der Waals surface area contributed by atoms with Crippen LogP contribution in [0.4, 0.5) is 0 Å². The van der Waals surface area contributed by atoms with E-state index in [0.29, 0.717) is 0 Å². The highest BCUT2D eigenvalue weighted by molar-refractivity contribution is 14.1. The topological polar surface area (TPSA) is 33.3 Å². The van der Waals surface area contributed by atoms with Gasteiger partial charge < -0.3 is 15.4 Å². The first-order valence-electron chi connectivity index (χ1n) is 5.81. The van der Waals surface area contributed by atoms with Crippen molar-refractivity contribution in [3.63, 3.8) is 0 Å². The van der Waals surface area contributed by atoms with E-state index in [4.69, 9.17) is 4.74 Å². The fourth-order valence-electron chi connectivity index (χ4n) is 1.80. The van der Waals surface area contributed by atoms with Gasteiger partial charge in [0, 0.05) is 6.54 Å². The van der Waals surface area contributed by atoms with Gasteiger partial charge in [-0.25, -0.2) is 0 Å². The van der Waals surface area contributed by atoms with Gasteiger partial charge in [0.25, 0.3) is 0 Å². The third-order valence-electron chi connectivity index (χ3n) is 3.12. The molecular weight excluding hydrogens is 327 g/mol. The zero-order chi connectivity index (χ0) is 12.5. The number of hydrogen-bond donors (Lipinski definition) is 2. The Labute approximate surface area is 117 Å². The number of allylic oxidation sites excluding steroid dienone is 2. The van der Waals surface area contributed by atoms with Crippen LogP contribution in [-0.2, 0) is 4.74 Å². The van der Waals surface area contributed by atoms with Crippen LogP contribution in [-0.4, -0.2) is 29.2 Å². The molecule has 0 aromatic carbocycles. The largest absolute Gasteiger partial charge is 0.490 e. The number of alkyl halides is 1. The Balaban J connectivity index is 2.31. The van der Waals surface area contributed by atoms with Gasteiger partial charge in [0.1, 0.15) is 12.4 Å². The van der Waals surface area contributed by atoms with Crippen LogP contribution in [0.15, 0.2) is 35.8 Å². The van der Waals surface area contributed by atoms with E-state index in [-0.39, 0.29) is 8.96 Å². The number of fused-ring (bicyclic) bond motifs is 1. The summed E-state index contributed by atoms with van der Waals surface area (Å²) in [6.07, 6.45) is 8.41. The lowest BCUT2D eigenvalue weighted by atomic mass is 10.0. The molecule has 1 fully saturated rings. The van der Waals surface area contributed by atoms with Crippen LogP contribution in [0.1, 0.15) is 13.8 Å². The second-order valence-corrected chi connectivity index (χ2v) is 7.64. The summed E-state index contributed by atoms with van der Waals surface area (Å²) in [4.78, 5) is 0. The lowest BCUT2D eigenvalue weighted by Crippen LogP contribution is -2.35. The molecule has 1 aliphatic carbocycles. The summed E-state index contributed by atoms with van der Waals surface area (Å²) in [6, 6.07) is 0. The van der Waals surface area contributed by atoms with Crippen molar-refractivity contribution in [2.75, 3.05) is 20.2 Å². The highest BCUT2D eigenvalue weighted by atomic mass is 127. The predicted octanol–water partition coefficient (Wildman–Crippen LogP) is 2.12. The highest BCUT2D eigenvalue weighted by Crippen LogP contribution is 2.27. The smallest absolute Gasteiger partial charge is 0.140 e. The van der Waals surface area contributed by atoms with Gasteiger partial charge in [0.2, 0.25) is 0 Å². The van der Waals surface area contributed by atoms with Gasteiger partial charge >= 0.3 is 0 Å². The van der Waals surface area contributed by atoms with E-state index in [1.807, 2.05) is 7.05 Å². The molecule has 0 spiro atoms. The molecule has 0 radical (unpaired) electrons. The first-order valence-corrected chi connectivity index (χ1v) is 6.89. The lowest BCUT2D eigenvalue weighted by molar-refractivity contribution is 0.208. The summed E-state index contributed by atoms with van der Waals surface area (Å²) in [7, 11) is 1.96. The van der Waals surface area contributed by atoms with Crippen molar-refractivity contribution >= 4 is 22.6 Å². The maximum atomic E-state index is 5.94. The summed E-state index contributed by atoms with van der Waals surface area (Å²) in [5.41, 5.74) is 0.919. The van der Waals surface area contributed by atoms with Crippen LogP contribution >= 0.6 is 22.6 Å². The molecule has 2 aliphatic rings. The van der Waals surface area contributed by atoms with Crippen molar-refractivity contribution in [2.45, 2.75) is 22.8 Å². The van der Waals surface area contributed by atoms with Crippen LogP contribution in [0.3, 0.4) is 0 Å². The molecule has 1 aliphatic heterocycles. The standard InChI is InChI=1S/C13H19IN2O/c1-12(14)8-16-10-5-4-6-13(2,15-3)7-11(10)17-9-12/h4-7,15-16H,8-9H2,1-3H3. The molecular formula is C13H19IN2O. The third-order valence-corrected chi connectivity index (χ3v) is 3.81. The Morgan fingerprint density at radius 1 is 1.47 bits per heavy atom. The molecule has 94 valence electrons. The Morgan fingerprint density at radius 3 is 2.94 bits per heavy atom. The van der Waals surface area contributed by atoms with Crippen LogP contribution < -0.4 is 10.6 Å². The Kier molecular flexibility index (Phi) is 3.54. The number of likely N-dealkylation sites (N-methyl/N-ethyl adjacent to an activating group) is 1. The van der Waals surface area contributed by atoms with Crippen molar-refractivity contribution in [1.82, 2.24) is 10.6 Å². The summed E-state index contributed by atoms with van der Waals surface area (Å²) >= 11 is 2.44. The molecule has 1 saturated heterocycles. The summed E-state index contributed by atoms with van der Waals surface area (Å²) in [5.74, 6) is 0.937. The molecule has 0 bridgehead atoms. The average Bonchev–Trinajstić information content (AvgIpc) is 2.51. The predicted molar refractivity (Wildman–Crippen MR) is 79.2 cm³/mol. The lowest BCUT2D eigenvalue weighted by Gasteiger charge is -2.22. The second kappa shape index (κ2) is 4.65. The molecule has 2 unspecified atom stereocenters. The molecule has 2 N–H and O–H groups in total. The van der Waals surface area contributed by atoms with Gasteiger partial charge in [-0.05, 0) is 33.0 Å². The van der Waals surface area contributed by atoms with Crippen molar-refractivity contribution in [3.8, 4) is 0 Å². The minimum absolute atomic E-state index is 0.130. The van der Waals surface area contributed by atoms with Crippen molar-refractivity contribution in [2.24, 2.45) is 0 Å². The van der Waals surface area contributed by atoms with Gasteiger partial charge in [0.05, 0.1) is 14.7 Å². The van der Waals surface area contributed by atoms with E-state index in [1.54, 1.807) is 0 Å². The molecule has 0 amide bonds. The van der Waals surface area contributed by atoms with E-state index < -0.39 is 0 Å². The van der Waals surface area contributed by atoms with Crippen molar-refractivity contribution in [3.05, 3.63) is 35.8 Å². The van der Waals surface area contributed by atoms with Crippen molar-refractivity contribution in [1.29, 1.82) is 0 Å². The van der Waals surface area contributed by atoms with Gasteiger partial charge in [0.15, 0.2) is 0 Å². The van der Waals surface area contributed by atoms with Crippen LogP contribution in [0.25, 0.3) is 0 Å². The maximum absolute atomic E-state index is 5.94. The monoisotopic (exact) mass is 346 g/mol. The normalized spacial score (nSPS) is 36.7. The Bertz CT molecular complexity index is 398. The fraction of sp³-hybridized carbons (Fsp3) is 0.538. The molecule has 2 rings (SSSR count). The molecule has 0 aromatic rings. The van der Waals surface area contributed by atoms with E-state index in [0.717, 1.165) is 24.6 Å². The SMILES string of the molecule is CNC1(C)C=CC=C2NCC(C)(I)COC2=C1. The number of nitrogens with one attached hydrogen (secondary N) is 2. The molecule has 2 atom stereocenters. The zero-order valence-electron chi connectivity index (χ0n) is 10.5. The molecule has 3 nitrogen and oxygen atoms in total. The van der Waals surface area contributed by atoms with Gasteiger partial charge in [-0.3, -0.25) is 0 Å². The molecule has 0 aromatic heterocycles. The minimum Gasteiger partial charge on any atom is -0.490 e. The van der Waals surface area contributed by atoms with E-state index in [2.05, 4.69) is 71.4 Å². The van der Waals surface area contributed by atoms with Gasteiger partial charge in [-0.2, -0.15) is 0 Å². The van der Waals surface area contributed by atoms with E-state index >= 15 is 0 Å². The minimum atomic E-state index is -0.152. The van der Waals surface area contributed by atoms with Crippen LogP contribution in [0, 0.1) is 0 Å². The molecule has 1 heterocycles. The average molecular weight is 346 g/mol. The molecule has 4 heteroatoms. The molecule has 17 heavy (non-hydrogen) atoms. The van der Waals surface area contributed by atoms with Crippen LogP contribution in [0.2, 0.25) is 0 Å². The Hall–Kier alpha value is -0.490. The number of ether oxygens (including phenoxy) is 1. The molecule has 0 saturated carbocycles. The van der Waals surface area contributed by atoms with Crippen LogP contribution in [0.5, 0.6) is 0 Å². The number of rotatable bonds is 1. The maximum Gasteiger partial charge on any atom is 0.140 e. The number of hydrogen-bond acceptors (Lipinski definition) is 3.